The molecule has 6 heteroatoms. The van der Waals surface area contributed by atoms with E-state index >= 15 is 0 Å². The van der Waals surface area contributed by atoms with Crippen LogP contribution in [0.3, 0.4) is 0 Å². The smallest absolute Gasteiger partial charge is 0.389 e. The van der Waals surface area contributed by atoms with Crippen LogP contribution in [0.5, 0.6) is 5.75 Å². The maximum absolute atomic E-state index is 12.0. The number of hydrogen-bond donors (Lipinski definition) is 0. The van der Waals surface area contributed by atoms with Gasteiger partial charge in [0.05, 0.1) is 12.5 Å². The maximum Gasteiger partial charge on any atom is 0.389 e. The van der Waals surface area contributed by atoms with Gasteiger partial charge in [-0.3, -0.25) is 0 Å². The van der Waals surface area contributed by atoms with Gasteiger partial charge in [-0.25, -0.2) is 0 Å². The second-order valence-electron chi connectivity index (χ2n) is 3.91. The summed E-state index contributed by atoms with van der Waals surface area (Å²) in [6.07, 6.45) is -5.02. The average Bonchev–Trinajstić information content (AvgIpc) is 2.24. The van der Waals surface area contributed by atoms with E-state index in [2.05, 4.69) is 15.9 Å². The third kappa shape index (κ3) is 5.06. The van der Waals surface area contributed by atoms with E-state index in [1.165, 1.54) is 0 Å². The number of benzene rings is 1. The van der Waals surface area contributed by atoms with E-state index in [1.807, 2.05) is 13.0 Å². The van der Waals surface area contributed by atoms with Crippen LogP contribution in [0.2, 0.25) is 0 Å². The number of aryl methyl sites for hydroxylation is 1. The van der Waals surface area contributed by atoms with Crippen LogP contribution in [0.1, 0.15) is 24.0 Å². The molecule has 0 aliphatic heterocycles. The van der Waals surface area contributed by atoms with E-state index in [0.29, 0.717) is 5.75 Å². The molecule has 1 nitrogen and oxygen atoms in total. The van der Waals surface area contributed by atoms with Crippen molar-refractivity contribution in [2.75, 3.05) is 6.61 Å². The Morgan fingerprint density at radius 3 is 2.56 bits per heavy atom. The summed E-state index contributed by atoms with van der Waals surface area (Å²) in [6, 6.07) is 3.65. The van der Waals surface area contributed by atoms with Gasteiger partial charge in [-0.1, -0.05) is 15.9 Å². The highest BCUT2D eigenvalue weighted by molar-refractivity contribution is 9.10. The van der Waals surface area contributed by atoms with Crippen LogP contribution >= 0.6 is 27.5 Å². The second-order valence-corrected chi connectivity index (χ2v) is 5.09. The van der Waals surface area contributed by atoms with Crippen molar-refractivity contribution in [2.45, 2.75) is 31.8 Å². The Labute approximate surface area is 117 Å². The molecule has 0 amide bonds. The fraction of sp³-hybridized carbons (Fsp3) is 0.500. The van der Waals surface area contributed by atoms with Gasteiger partial charge < -0.3 is 4.74 Å². The first kappa shape index (κ1) is 15.6. The lowest BCUT2D eigenvalue weighted by atomic mass is 10.1. The third-order valence-corrected chi connectivity index (χ3v) is 3.06. The first-order valence-corrected chi connectivity index (χ1v) is 6.71. The van der Waals surface area contributed by atoms with E-state index in [4.69, 9.17) is 16.3 Å². The van der Waals surface area contributed by atoms with E-state index in [0.717, 1.165) is 15.6 Å². The summed E-state index contributed by atoms with van der Waals surface area (Å²) in [5.41, 5.74) is 1.63. The molecule has 0 saturated heterocycles. The predicted molar refractivity (Wildman–Crippen MR) is 69.2 cm³/mol. The van der Waals surface area contributed by atoms with Gasteiger partial charge in [-0.2, -0.15) is 13.2 Å². The molecule has 0 saturated carbocycles. The molecule has 0 atom stereocenters. The summed E-state index contributed by atoms with van der Waals surface area (Å²) in [4.78, 5) is 0. The summed E-state index contributed by atoms with van der Waals surface area (Å²) >= 11 is 9.11. The number of ether oxygens (including phenoxy) is 1. The van der Waals surface area contributed by atoms with Crippen LogP contribution in [0.4, 0.5) is 13.2 Å². The minimum Gasteiger partial charge on any atom is -0.493 e. The van der Waals surface area contributed by atoms with Crippen molar-refractivity contribution >= 4 is 27.5 Å². The SMILES string of the molecule is Cc1cc(Br)cc(CCl)c1OCCCC(F)(F)F. The van der Waals surface area contributed by atoms with Crippen LogP contribution in [-0.4, -0.2) is 12.8 Å². The highest BCUT2D eigenvalue weighted by Crippen LogP contribution is 2.30. The normalized spacial score (nSPS) is 11.7. The highest BCUT2D eigenvalue weighted by atomic mass is 79.9. The Bertz CT molecular complexity index is 407. The maximum atomic E-state index is 12.0. The summed E-state index contributed by atoms with van der Waals surface area (Å²) < 4.78 is 42.2. The molecular formula is C12H13BrClF3O. The Balaban J connectivity index is 2.62. The standard InChI is InChI=1S/C12H13BrClF3O/c1-8-5-10(13)6-9(7-14)11(8)18-4-2-3-12(15,16)17/h5-6H,2-4,7H2,1H3. The van der Waals surface area contributed by atoms with E-state index in [9.17, 15) is 13.2 Å². The van der Waals surface area contributed by atoms with Gasteiger partial charge >= 0.3 is 6.18 Å². The predicted octanol–water partition coefficient (Wildman–Crippen LogP) is 5.22. The topological polar surface area (TPSA) is 9.23 Å². The second kappa shape index (κ2) is 6.66. The van der Waals surface area contributed by atoms with Crippen molar-refractivity contribution < 1.29 is 17.9 Å². The summed E-state index contributed by atoms with van der Waals surface area (Å²) in [5, 5.41) is 0. The van der Waals surface area contributed by atoms with Crippen molar-refractivity contribution in [1.82, 2.24) is 0 Å². The average molecular weight is 346 g/mol. The molecule has 1 rings (SSSR count). The van der Waals surface area contributed by atoms with Crippen LogP contribution in [0.25, 0.3) is 0 Å². The monoisotopic (exact) mass is 344 g/mol. The molecule has 0 spiro atoms. The van der Waals surface area contributed by atoms with Crippen molar-refractivity contribution in [2.24, 2.45) is 0 Å². The van der Waals surface area contributed by atoms with Crippen molar-refractivity contribution in [3.8, 4) is 5.75 Å². The first-order chi connectivity index (χ1) is 8.33. The Morgan fingerprint density at radius 1 is 1.33 bits per heavy atom. The Morgan fingerprint density at radius 2 is 2.00 bits per heavy atom. The van der Waals surface area contributed by atoms with E-state index < -0.39 is 12.6 Å². The molecule has 0 aliphatic rings. The van der Waals surface area contributed by atoms with Crippen LogP contribution in [0.15, 0.2) is 16.6 Å². The van der Waals surface area contributed by atoms with Gasteiger partial charge in [0.25, 0.3) is 0 Å². The van der Waals surface area contributed by atoms with Crippen molar-refractivity contribution in [3.63, 3.8) is 0 Å². The van der Waals surface area contributed by atoms with Gasteiger partial charge in [0, 0.05) is 16.5 Å². The lowest BCUT2D eigenvalue weighted by molar-refractivity contribution is -0.136. The van der Waals surface area contributed by atoms with Gasteiger partial charge in [0.2, 0.25) is 0 Å². The summed E-state index contributed by atoms with van der Waals surface area (Å²) in [6.45, 7) is 1.87. The lowest BCUT2D eigenvalue weighted by Crippen LogP contribution is -2.10. The van der Waals surface area contributed by atoms with E-state index in [-0.39, 0.29) is 18.9 Å². The third-order valence-electron chi connectivity index (χ3n) is 2.31. The Kier molecular flexibility index (Phi) is 5.79. The Hall–Kier alpha value is -0.420. The van der Waals surface area contributed by atoms with Gasteiger partial charge in [0.1, 0.15) is 5.75 Å². The minimum atomic E-state index is -4.13. The largest absolute Gasteiger partial charge is 0.493 e. The summed E-state index contributed by atoms with van der Waals surface area (Å²) in [7, 11) is 0. The van der Waals surface area contributed by atoms with Crippen molar-refractivity contribution in [1.29, 1.82) is 0 Å². The zero-order valence-electron chi connectivity index (χ0n) is 9.78. The first-order valence-electron chi connectivity index (χ1n) is 5.38. The van der Waals surface area contributed by atoms with Gasteiger partial charge in [-0.05, 0) is 31.0 Å². The number of hydrogen-bond acceptors (Lipinski definition) is 1. The molecule has 1 aromatic carbocycles. The summed E-state index contributed by atoms with van der Waals surface area (Å²) in [5.74, 6) is 0.838. The minimum absolute atomic E-state index is 0.0336. The van der Waals surface area contributed by atoms with E-state index in [1.54, 1.807) is 6.07 Å². The molecule has 102 valence electrons. The highest BCUT2D eigenvalue weighted by Gasteiger charge is 2.26. The lowest BCUT2D eigenvalue weighted by Gasteiger charge is -2.14. The molecule has 1 aromatic rings. The molecule has 0 aliphatic carbocycles. The zero-order valence-corrected chi connectivity index (χ0v) is 12.1. The molecule has 0 heterocycles. The molecule has 0 aromatic heterocycles. The van der Waals surface area contributed by atoms with Crippen LogP contribution in [-0.2, 0) is 5.88 Å². The van der Waals surface area contributed by atoms with Crippen LogP contribution < -0.4 is 4.74 Å². The molecule has 0 N–H and O–H groups in total. The van der Waals surface area contributed by atoms with Crippen LogP contribution in [0, 0.1) is 6.92 Å². The number of alkyl halides is 4. The van der Waals surface area contributed by atoms with Gasteiger partial charge in [0.15, 0.2) is 0 Å². The molecule has 18 heavy (non-hydrogen) atoms. The molecular weight excluding hydrogens is 332 g/mol. The van der Waals surface area contributed by atoms with Gasteiger partial charge in [-0.15, -0.1) is 11.6 Å². The zero-order chi connectivity index (χ0) is 13.8. The fourth-order valence-corrected chi connectivity index (χ4v) is 2.37. The number of halogens is 5. The number of rotatable bonds is 5. The molecule has 0 bridgehead atoms. The fourth-order valence-electron chi connectivity index (χ4n) is 1.55. The molecule has 0 fully saturated rings. The van der Waals surface area contributed by atoms with Crippen molar-refractivity contribution in [3.05, 3.63) is 27.7 Å². The molecule has 0 radical (unpaired) electrons. The quantitative estimate of drug-likeness (QED) is 0.525. The molecule has 0 unspecified atom stereocenters.